The Labute approximate surface area is 84.3 Å². The van der Waals surface area contributed by atoms with Crippen molar-refractivity contribution in [1.82, 2.24) is 4.57 Å². The Kier molecular flexibility index (Phi) is 1.96. The molecule has 0 aliphatic heterocycles. The monoisotopic (exact) mass is 207 g/mol. The van der Waals surface area contributed by atoms with Crippen molar-refractivity contribution < 1.29 is 9.21 Å². The van der Waals surface area contributed by atoms with Crippen molar-refractivity contribution in [3.05, 3.63) is 28.7 Å². The summed E-state index contributed by atoms with van der Waals surface area (Å²) in [4.78, 5) is 21.7. The molecule has 0 aliphatic carbocycles. The first-order valence-electron chi connectivity index (χ1n) is 4.24. The van der Waals surface area contributed by atoms with E-state index >= 15 is 0 Å². The van der Waals surface area contributed by atoms with Crippen LogP contribution < -0.4 is 16.8 Å². The molecule has 3 N–H and O–H groups in total. The molecular formula is C9H9N3O3. The fourth-order valence-electron chi connectivity index (χ4n) is 1.35. The lowest BCUT2D eigenvalue weighted by Gasteiger charge is -2.00. The second-order valence-electron chi connectivity index (χ2n) is 3.10. The highest BCUT2D eigenvalue weighted by Gasteiger charge is 2.06. The van der Waals surface area contributed by atoms with Crippen LogP contribution in [0.1, 0.15) is 0 Å². The molecule has 0 atom stereocenters. The summed E-state index contributed by atoms with van der Waals surface area (Å²) in [7, 11) is 1.61. The van der Waals surface area contributed by atoms with E-state index in [1.165, 1.54) is 4.57 Å². The summed E-state index contributed by atoms with van der Waals surface area (Å²) in [5.41, 5.74) is 6.52. The largest absolute Gasteiger partial charge is 0.419 e. The molecule has 0 saturated heterocycles. The highest BCUT2D eigenvalue weighted by atomic mass is 16.4. The molecule has 1 aromatic carbocycles. The number of hydrogen-bond donors (Lipinski definition) is 2. The minimum Gasteiger partial charge on any atom is -0.408 e. The Morgan fingerprint density at radius 1 is 1.53 bits per heavy atom. The average Bonchev–Trinajstić information content (AvgIpc) is 2.41. The molecule has 2 amide bonds. The number of oxazole rings is 1. The van der Waals surface area contributed by atoms with Crippen molar-refractivity contribution in [3.8, 4) is 0 Å². The molecule has 6 nitrogen and oxygen atoms in total. The smallest absolute Gasteiger partial charge is 0.408 e. The number of nitrogens with zero attached hydrogens (tertiary/aromatic N) is 1. The van der Waals surface area contributed by atoms with Crippen LogP contribution in [0.4, 0.5) is 10.5 Å². The Morgan fingerprint density at radius 2 is 2.27 bits per heavy atom. The maximum atomic E-state index is 11.2. The molecule has 6 heteroatoms. The number of aryl methyl sites for hydroxylation is 1. The van der Waals surface area contributed by atoms with E-state index in [9.17, 15) is 9.59 Å². The summed E-state index contributed by atoms with van der Waals surface area (Å²) in [6.07, 6.45) is 0. The quantitative estimate of drug-likeness (QED) is 0.718. The normalized spacial score (nSPS) is 10.5. The van der Waals surface area contributed by atoms with E-state index in [2.05, 4.69) is 5.32 Å². The van der Waals surface area contributed by atoms with Gasteiger partial charge in [-0.2, -0.15) is 0 Å². The lowest BCUT2D eigenvalue weighted by molar-refractivity contribution is 0.259. The number of carbonyl (C=O) groups is 1. The minimum atomic E-state index is -0.660. The molecule has 0 fully saturated rings. The number of benzene rings is 1. The number of hydrogen-bond acceptors (Lipinski definition) is 3. The number of amides is 2. The van der Waals surface area contributed by atoms with E-state index in [1.54, 1.807) is 25.2 Å². The minimum absolute atomic E-state index is 0.411. The maximum Gasteiger partial charge on any atom is 0.419 e. The van der Waals surface area contributed by atoms with Crippen molar-refractivity contribution in [1.29, 1.82) is 0 Å². The molecule has 15 heavy (non-hydrogen) atoms. The van der Waals surface area contributed by atoms with Gasteiger partial charge in [0.05, 0.1) is 5.52 Å². The first kappa shape index (κ1) is 9.32. The zero-order chi connectivity index (χ0) is 11.0. The lowest BCUT2D eigenvalue weighted by atomic mass is 10.3. The lowest BCUT2D eigenvalue weighted by Crippen LogP contribution is -2.19. The van der Waals surface area contributed by atoms with Gasteiger partial charge >= 0.3 is 11.8 Å². The average molecular weight is 207 g/mol. The fourth-order valence-corrected chi connectivity index (χ4v) is 1.35. The van der Waals surface area contributed by atoms with Crippen LogP contribution in [0.15, 0.2) is 27.4 Å². The predicted octanol–water partition coefficient (Wildman–Crippen LogP) is 0.622. The van der Waals surface area contributed by atoms with E-state index in [-0.39, 0.29) is 0 Å². The van der Waals surface area contributed by atoms with Crippen LogP contribution >= 0.6 is 0 Å². The van der Waals surface area contributed by atoms with Gasteiger partial charge in [0.15, 0.2) is 5.58 Å². The summed E-state index contributed by atoms with van der Waals surface area (Å²) in [6.45, 7) is 0. The molecular weight excluding hydrogens is 198 g/mol. The third kappa shape index (κ3) is 1.56. The van der Waals surface area contributed by atoms with Gasteiger partial charge < -0.3 is 15.5 Å². The molecule has 2 rings (SSSR count). The van der Waals surface area contributed by atoms with Gasteiger partial charge in [0.1, 0.15) is 0 Å². The van der Waals surface area contributed by atoms with Crippen molar-refractivity contribution in [2.75, 3.05) is 5.32 Å². The Bertz CT molecular complexity index is 582. The number of aromatic nitrogens is 1. The Hall–Kier alpha value is -2.24. The molecule has 0 spiro atoms. The standard InChI is InChI=1S/C9H9N3O3/c1-12-6-3-2-5(11-8(10)13)4-7(6)15-9(12)14/h2-4H,1H3,(H3,10,11,13). The van der Waals surface area contributed by atoms with E-state index in [0.717, 1.165) is 0 Å². The summed E-state index contributed by atoms with van der Waals surface area (Å²) >= 11 is 0. The second kappa shape index (κ2) is 3.16. The van der Waals surface area contributed by atoms with Gasteiger partial charge in [0.2, 0.25) is 0 Å². The Balaban J connectivity index is 2.57. The van der Waals surface area contributed by atoms with Gasteiger partial charge in [0.25, 0.3) is 0 Å². The molecule has 0 bridgehead atoms. The van der Waals surface area contributed by atoms with Crippen LogP contribution in [-0.4, -0.2) is 10.6 Å². The molecule has 2 aromatic rings. The van der Waals surface area contributed by atoms with Gasteiger partial charge in [-0.3, -0.25) is 4.57 Å². The van der Waals surface area contributed by atoms with Crippen LogP contribution in [0.25, 0.3) is 11.1 Å². The molecule has 1 aromatic heterocycles. The molecule has 0 unspecified atom stereocenters. The number of fused-ring (bicyclic) bond motifs is 1. The first-order chi connectivity index (χ1) is 7.08. The number of anilines is 1. The molecule has 0 radical (unpaired) electrons. The van der Waals surface area contributed by atoms with Crippen molar-refractivity contribution in [2.45, 2.75) is 0 Å². The van der Waals surface area contributed by atoms with Crippen LogP contribution in [0.3, 0.4) is 0 Å². The third-order valence-corrected chi connectivity index (χ3v) is 2.06. The Morgan fingerprint density at radius 3 is 2.93 bits per heavy atom. The van der Waals surface area contributed by atoms with Gasteiger partial charge in [-0.1, -0.05) is 0 Å². The number of primary amides is 1. The number of rotatable bonds is 1. The summed E-state index contributed by atoms with van der Waals surface area (Å²) in [5.74, 6) is -0.443. The van der Waals surface area contributed by atoms with Gasteiger partial charge in [-0.05, 0) is 12.1 Å². The number of urea groups is 1. The highest BCUT2D eigenvalue weighted by molar-refractivity contribution is 5.90. The molecule has 1 heterocycles. The first-order valence-corrected chi connectivity index (χ1v) is 4.24. The topological polar surface area (TPSA) is 90.3 Å². The summed E-state index contributed by atoms with van der Waals surface area (Å²) < 4.78 is 6.31. The van der Waals surface area contributed by atoms with Gasteiger partial charge in [-0.15, -0.1) is 0 Å². The molecule has 0 aliphatic rings. The number of carbonyl (C=O) groups excluding carboxylic acids is 1. The van der Waals surface area contributed by atoms with Crippen LogP contribution in [0.5, 0.6) is 0 Å². The predicted molar refractivity (Wildman–Crippen MR) is 54.7 cm³/mol. The molecule has 78 valence electrons. The van der Waals surface area contributed by atoms with Crippen molar-refractivity contribution >= 4 is 22.8 Å². The SMILES string of the molecule is Cn1c(=O)oc2cc(NC(N)=O)ccc21. The second-order valence-corrected chi connectivity index (χ2v) is 3.10. The maximum absolute atomic E-state index is 11.2. The molecule has 0 saturated carbocycles. The van der Waals surface area contributed by atoms with Crippen LogP contribution in [-0.2, 0) is 7.05 Å². The summed E-state index contributed by atoms with van der Waals surface area (Å²) in [5, 5.41) is 2.39. The van der Waals surface area contributed by atoms with E-state index in [0.29, 0.717) is 16.8 Å². The van der Waals surface area contributed by atoms with Gasteiger partial charge in [-0.25, -0.2) is 9.59 Å². The van der Waals surface area contributed by atoms with E-state index < -0.39 is 11.8 Å². The van der Waals surface area contributed by atoms with Crippen molar-refractivity contribution in [3.63, 3.8) is 0 Å². The zero-order valence-corrected chi connectivity index (χ0v) is 7.98. The zero-order valence-electron chi connectivity index (χ0n) is 7.98. The van der Waals surface area contributed by atoms with Gasteiger partial charge in [0, 0.05) is 18.8 Å². The van der Waals surface area contributed by atoms with E-state index in [1.807, 2.05) is 0 Å². The highest BCUT2D eigenvalue weighted by Crippen LogP contribution is 2.17. The fraction of sp³-hybridized carbons (Fsp3) is 0.111. The third-order valence-electron chi connectivity index (χ3n) is 2.06. The van der Waals surface area contributed by atoms with Crippen LogP contribution in [0, 0.1) is 0 Å². The van der Waals surface area contributed by atoms with Crippen molar-refractivity contribution in [2.24, 2.45) is 12.8 Å². The van der Waals surface area contributed by atoms with E-state index in [4.69, 9.17) is 10.2 Å². The van der Waals surface area contributed by atoms with Crippen LogP contribution in [0.2, 0.25) is 0 Å². The number of nitrogens with two attached hydrogens (primary N) is 1. The summed E-state index contributed by atoms with van der Waals surface area (Å²) in [6, 6.07) is 4.20. The number of nitrogens with one attached hydrogen (secondary N) is 1.